The van der Waals surface area contributed by atoms with Crippen LogP contribution >= 0.6 is 39.1 Å². The van der Waals surface area contributed by atoms with Gasteiger partial charge in [0, 0.05) is 21.8 Å². The van der Waals surface area contributed by atoms with Crippen LogP contribution in [-0.4, -0.2) is 27.6 Å². The lowest BCUT2D eigenvalue weighted by atomic mass is 9.91. The molecule has 0 amide bonds. The van der Waals surface area contributed by atoms with Gasteiger partial charge in [-0.05, 0) is 48.4 Å². The molecule has 3 aromatic carbocycles. The van der Waals surface area contributed by atoms with Crippen LogP contribution in [0.15, 0.2) is 105 Å². The Bertz CT molecular complexity index is 1640. The average molecular weight is 620 g/mol. The largest absolute Gasteiger partial charge is 0.496 e. The molecule has 39 heavy (non-hydrogen) atoms. The lowest BCUT2D eigenvalue weighted by molar-refractivity contribution is 0.388. The molecule has 0 aliphatic carbocycles. The highest BCUT2D eigenvalue weighted by atomic mass is 79.9. The van der Waals surface area contributed by atoms with Crippen molar-refractivity contribution in [2.75, 3.05) is 7.11 Å². The molecular weight excluding hydrogens is 595 g/mol. The summed E-state index contributed by atoms with van der Waals surface area (Å²) in [6.45, 7) is 2.19. The summed E-state index contributed by atoms with van der Waals surface area (Å²) in [7, 11) is 1.68. The summed E-state index contributed by atoms with van der Waals surface area (Å²) in [6, 6.07) is 24.3. The number of methoxy groups -OCH3 is 1. The molecule has 5 nitrogen and oxygen atoms in total. The van der Waals surface area contributed by atoms with E-state index in [4.69, 9.17) is 38.0 Å². The van der Waals surface area contributed by atoms with Gasteiger partial charge in [-0.1, -0.05) is 94.9 Å². The van der Waals surface area contributed by atoms with Crippen LogP contribution in [0.25, 0.3) is 16.9 Å². The molecule has 0 spiro atoms. The molecule has 0 radical (unpaired) electrons. The fraction of sp³-hybridized carbons (Fsp3) is 0.161. The highest BCUT2D eigenvalue weighted by Crippen LogP contribution is 2.50. The molecule has 1 unspecified atom stereocenters. The minimum atomic E-state index is -0.362. The minimum absolute atomic E-state index is 0.362. The van der Waals surface area contributed by atoms with E-state index in [1.807, 2.05) is 58.2 Å². The molecule has 0 bridgehead atoms. The Hall–Kier alpha value is -3.32. The first-order chi connectivity index (χ1) is 19.0. The molecule has 0 fully saturated rings. The Labute approximate surface area is 246 Å². The Balaban J connectivity index is 1.68. The van der Waals surface area contributed by atoms with E-state index in [0.29, 0.717) is 21.7 Å². The zero-order valence-corrected chi connectivity index (χ0v) is 24.5. The van der Waals surface area contributed by atoms with E-state index in [1.54, 1.807) is 13.2 Å². The third-order valence-electron chi connectivity index (χ3n) is 6.90. The average Bonchev–Trinajstić information content (AvgIpc) is 3.32. The number of hydrogen-bond donors (Lipinski definition) is 0. The highest BCUT2D eigenvalue weighted by Gasteiger charge is 2.40. The van der Waals surface area contributed by atoms with Crippen LogP contribution in [0.5, 0.6) is 5.75 Å². The second-order valence-electron chi connectivity index (χ2n) is 9.42. The zero-order valence-electron chi connectivity index (χ0n) is 21.4. The normalized spacial score (nSPS) is 16.2. The van der Waals surface area contributed by atoms with Crippen molar-refractivity contribution >= 4 is 50.8 Å². The number of benzene rings is 3. The van der Waals surface area contributed by atoms with Gasteiger partial charge < -0.3 is 9.64 Å². The lowest BCUT2D eigenvalue weighted by Gasteiger charge is -2.37. The van der Waals surface area contributed by atoms with Crippen LogP contribution in [0.1, 0.15) is 36.1 Å². The summed E-state index contributed by atoms with van der Waals surface area (Å²) in [5.41, 5.74) is 5.92. The third-order valence-corrected chi connectivity index (χ3v) is 7.88. The molecule has 8 heteroatoms. The van der Waals surface area contributed by atoms with Crippen molar-refractivity contribution in [1.29, 1.82) is 0 Å². The fourth-order valence-electron chi connectivity index (χ4n) is 5.17. The van der Waals surface area contributed by atoms with Gasteiger partial charge in [-0.3, -0.25) is 0 Å². The first-order valence-electron chi connectivity index (χ1n) is 12.7. The van der Waals surface area contributed by atoms with Gasteiger partial charge in [0.25, 0.3) is 0 Å². The molecule has 0 saturated heterocycles. The van der Waals surface area contributed by atoms with Crippen molar-refractivity contribution < 1.29 is 4.74 Å². The van der Waals surface area contributed by atoms with Crippen LogP contribution < -0.4 is 4.74 Å². The first kappa shape index (κ1) is 25.9. The summed E-state index contributed by atoms with van der Waals surface area (Å²) in [5.74, 6) is 2.05. The van der Waals surface area contributed by atoms with Crippen LogP contribution in [0.2, 0.25) is 0 Å². The van der Waals surface area contributed by atoms with E-state index in [2.05, 4.69) is 53.2 Å². The number of nitrogens with zero attached hydrogens (tertiary/aromatic N) is 4. The summed E-state index contributed by atoms with van der Waals surface area (Å²) in [4.78, 5) is 7.11. The predicted molar refractivity (Wildman–Crippen MR) is 162 cm³/mol. The molecule has 2 aliphatic heterocycles. The molecule has 0 N–H and O–H groups in total. The lowest BCUT2D eigenvalue weighted by Crippen LogP contribution is -2.36. The molecule has 0 saturated carbocycles. The van der Waals surface area contributed by atoms with E-state index in [1.165, 1.54) is 5.56 Å². The van der Waals surface area contributed by atoms with Gasteiger partial charge in [-0.2, -0.15) is 5.10 Å². The fourth-order valence-corrected chi connectivity index (χ4v) is 6.08. The summed E-state index contributed by atoms with van der Waals surface area (Å²) < 4.78 is 8.69. The number of ether oxygens (including phenoxy) is 1. The number of aromatic nitrogens is 2. The van der Waals surface area contributed by atoms with Crippen molar-refractivity contribution in [3.05, 3.63) is 116 Å². The smallest absolute Gasteiger partial charge is 0.164 e. The quantitative estimate of drug-likeness (QED) is 0.216. The van der Waals surface area contributed by atoms with E-state index in [-0.39, 0.29) is 6.04 Å². The zero-order chi connectivity index (χ0) is 27.1. The van der Waals surface area contributed by atoms with E-state index in [0.717, 1.165) is 51.1 Å². The molecule has 6 rings (SSSR count). The maximum Gasteiger partial charge on any atom is 0.164 e. The van der Waals surface area contributed by atoms with Crippen molar-refractivity contribution in [2.45, 2.75) is 25.8 Å². The van der Waals surface area contributed by atoms with E-state index >= 15 is 0 Å². The molecule has 196 valence electrons. The predicted octanol–water partition coefficient (Wildman–Crippen LogP) is 8.91. The van der Waals surface area contributed by atoms with Crippen LogP contribution in [-0.2, 0) is 6.42 Å². The molecular formula is C31H25BrCl2N4O. The van der Waals surface area contributed by atoms with E-state index in [9.17, 15) is 0 Å². The maximum atomic E-state index is 6.77. The van der Waals surface area contributed by atoms with E-state index < -0.39 is 0 Å². The van der Waals surface area contributed by atoms with Gasteiger partial charge in [-0.15, -0.1) is 0 Å². The number of hydrogen-bond acceptors (Lipinski definition) is 4. The summed E-state index contributed by atoms with van der Waals surface area (Å²) in [5, 5.41) is 6.15. The standard InChI is InChI=1S/C31H25BrCl2N4O/c1-3-7-19-10-12-20(13-11-19)28-27-29(24-16-21(32)14-15-26(24)39-2)37-18-22(33)17-25(34)30(37)35-31(27)38(36-28)23-8-5-4-6-9-23/h4-6,8-18,29H,3,7H2,1-2H3. The van der Waals surface area contributed by atoms with Gasteiger partial charge in [0.2, 0.25) is 0 Å². The van der Waals surface area contributed by atoms with Crippen LogP contribution in [0, 0.1) is 0 Å². The van der Waals surface area contributed by atoms with Crippen molar-refractivity contribution in [1.82, 2.24) is 14.7 Å². The topological polar surface area (TPSA) is 42.6 Å². The number of aryl methyl sites for hydroxylation is 1. The molecule has 2 aliphatic rings. The second-order valence-corrected chi connectivity index (χ2v) is 11.2. The maximum absolute atomic E-state index is 6.77. The molecule has 1 aromatic heterocycles. The third kappa shape index (κ3) is 4.71. The molecule has 3 heterocycles. The summed E-state index contributed by atoms with van der Waals surface area (Å²) in [6.07, 6.45) is 5.71. The minimum Gasteiger partial charge on any atom is -0.496 e. The number of aliphatic imine (C=N–C) groups is 1. The van der Waals surface area contributed by atoms with Crippen LogP contribution in [0.3, 0.4) is 0 Å². The Morgan fingerprint density at radius 2 is 1.77 bits per heavy atom. The Morgan fingerprint density at radius 1 is 1.00 bits per heavy atom. The Morgan fingerprint density at radius 3 is 2.49 bits per heavy atom. The number of para-hydroxylation sites is 1. The van der Waals surface area contributed by atoms with Crippen molar-refractivity contribution in [2.24, 2.45) is 4.99 Å². The van der Waals surface area contributed by atoms with Gasteiger partial charge >= 0.3 is 0 Å². The molecule has 4 aromatic rings. The van der Waals surface area contributed by atoms with Gasteiger partial charge in [0.15, 0.2) is 11.7 Å². The van der Waals surface area contributed by atoms with Gasteiger partial charge in [0.1, 0.15) is 11.4 Å². The first-order valence-corrected chi connectivity index (χ1v) is 14.3. The number of allylic oxidation sites excluding steroid dienone is 2. The SMILES string of the molecule is CCCc1ccc(-c2nn(-c3ccccc3)c3c2C(c2cc(Br)ccc2OC)N2C=C(Cl)C=C(Cl)C2=N3)cc1. The van der Waals surface area contributed by atoms with Crippen molar-refractivity contribution in [3.8, 4) is 22.7 Å². The number of fused-ring (bicyclic) bond motifs is 2. The van der Waals surface area contributed by atoms with Crippen molar-refractivity contribution in [3.63, 3.8) is 0 Å². The number of halogens is 3. The number of rotatable bonds is 6. The Kier molecular flexibility index (Phi) is 7.10. The monoisotopic (exact) mass is 618 g/mol. The molecule has 1 atom stereocenters. The summed E-state index contributed by atoms with van der Waals surface area (Å²) >= 11 is 17.0. The van der Waals surface area contributed by atoms with Gasteiger partial charge in [0.05, 0.1) is 34.5 Å². The van der Waals surface area contributed by atoms with Crippen LogP contribution in [0.4, 0.5) is 5.82 Å². The second kappa shape index (κ2) is 10.7. The number of amidine groups is 1. The highest BCUT2D eigenvalue weighted by molar-refractivity contribution is 9.10. The van der Waals surface area contributed by atoms with Gasteiger partial charge in [-0.25, -0.2) is 9.67 Å².